The molecule has 0 spiro atoms. The summed E-state index contributed by atoms with van der Waals surface area (Å²) in [5.41, 5.74) is 6.77. The van der Waals surface area contributed by atoms with Gasteiger partial charge in [-0.2, -0.15) is 0 Å². The number of pyridine rings is 1. The van der Waals surface area contributed by atoms with Gasteiger partial charge >= 0.3 is 0 Å². The third kappa shape index (κ3) is 1.42. The van der Waals surface area contributed by atoms with Gasteiger partial charge < -0.3 is 5.73 Å². The van der Waals surface area contributed by atoms with Crippen molar-refractivity contribution in [3.63, 3.8) is 0 Å². The van der Waals surface area contributed by atoms with Gasteiger partial charge in [0.1, 0.15) is 10.3 Å². The van der Waals surface area contributed by atoms with Gasteiger partial charge in [0.2, 0.25) is 0 Å². The van der Waals surface area contributed by atoms with Crippen molar-refractivity contribution >= 4 is 23.2 Å². The van der Waals surface area contributed by atoms with Gasteiger partial charge in [0.15, 0.2) is 0 Å². The molecule has 12 heavy (non-hydrogen) atoms. The van der Waals surface area contributed by atoms with Crippen LogP contribution < -0.4 is 5.73 Å². The fraction of sp³-hybridized carbons (Fsp3) is 0.375. The fourth-order valence-corrected chi connectivity index (χ4v) is 1.64. The van der Waals surface area contributed by atoms with Crippen LogP contribution in [-0.4, -0.2) is 4.98 Å². The molecule has 1 aliphatic carbocycles. The van der Waals surface area contributed by atoms with E-state index in [0.29, 0.717) is 10.3 Å². The number of halogens is 2. The molecule has 0 saturated heterocycles. The molecule has 1 fully saturated rings. The molecular formula is C8H8Cl2N2. The van der Waals surface area contributed by atoms with E-state index >= 15 is 0 Å². The van der Waals surface area contributed by atoms with Gasteiger partial charge in [0, 0.05) is 5.54 Å². The zero-order valence-corrected chi connectivity index (χ0v) is 7.86. The Balaban J connectivity index is 2.44. The number of hydrogen-bond acceptors (Lipinski definition) is 2. The van der Waals surface area contributed by atoms with Gasteiger partial charge in [-0.05, 0) is 30.5 Å². The Kier molecular flexibility index (Phi) is 1.79. The SMILES string of the molecule is NC1(c2cc(Cl)nc(Cl)c2)CC1. The largest absolute Gasteiger partial charge is 0.321 e. The first kappa shape index (κ1) is 8.30. The van der Waals surface area contributed by atoms with Crippen LogP contribution in [0.25, 0.3) is 0 Å². The van der Waals surface area contributed by atoms with Crippen molar-refractivity contribution in [2.75, 3.05) is 0 Å². The molecule has 2 nitrogen and oxygen atoms in total. The molecule has 1 aliphatic rings. The number of rotatable bonds is 1. The molecule has 1 heterocycles. The first-order chi connectivity index (χ1) is 5.60. The maximum absolute atomic E-state index is 5.96. The van der Waals surface area contributed by atoms with E-state index in [1.54, 1.807) is 12.1 Å². The standard InChI is InChI=1S/C8H8Cl2N2/c9-6-3-5(4-7(10)12-6)8(11)1-2-8/h3-4H,1-2,11H2. The van der Waals surface area contributed by atoms with Crippen LogP contribution in [0.15, 0.2) is 12.1 Å². The molecule has 0 aliphatic heterocycles. The van der Waals surface area contributed by atoms with E-state index in [9.17, 15) is 0 Å². The Morgan fingerprint density at radius 2 is 1.75 bits per heavy atom. The third-order valence-electron chi connectivity index (χ3n) is 2.13. The highest BCUT2D eigenvalue weighted by Crippen LogP contribution is 2.43. The predicted molar refractivity (Wildman–Crippen MR) is 49.4 cm³/mol. The van der Waals surface area contributed by atoms with Crippen LogP contribution in [0, 0.1) is 0 Å². The van der Waals surface area contributed by atoms with Gasteiger partial charge in [-0.15, -0.1) is 0 Å². The Bertz CT molecular complexity index is 301. The second-order valence-corrected chi connectivity index (χ2v) is 3.93. The summed E-state index contributed by atoms with van der Waals surface area (Å²) >= 11 is 11.5. The summed E-state index contributed by atoms with van der Waals surface area (Å²) in [6, 6.07) is 3.56. The van der Waals surface area contributed by atoms with Crippen LogP contribution in [0.1, 0.15) is 18.4 Å². The molecule has 64 valence electrons. The lowest BCUT2D eigenvalue weighted by Gasteiger charge is -2.08. The van der Waals surface area contributed by atoms with Crippen LogP contribution in [0.2, 0.25) is 10.3 Å². The minimum absolute atomic E-state index is 0.184. The Morgan fingerprint density at radius 1 is 1.25 bits per heavy atom. The summed E-state index contributed by atoms with van der Waals surface area (Å²) < 4.78 is 0. The average molecular weight is 203 g/mol. The van der Waals surface area contributed by atoms with Gasteiger partial charge in [0.25, 0.3) is 0 Å². The number of nitrogens with two attached hydrogens (primary N) is 1. The molecule has 0 atom stereocenters. The molecule has 0 unspecified atom stereocenters. The second kappa shape index (κ2) is 2.59. The molecule has 0 amide bonds. The van der Waals surface area contributed by atoms with Crippen molar-refractivity contribution in [3.05, 3.63) is 28.0 Å². The van der Waals surface area contributed by atoms with E-state index < -0.39 is 0 Å². The van der Waals surface area contributed by atoms with E-state index in [1.165, 1.54) is 0 Å². The summed E-state index contributed by atoms with van der Waals surface area (Å²) in [4.78, 5) is 3.85. The van der Waals surface area contributed by atoms with Gasteiger partial charge in [0.05, 0.1) is 0 Å². The second-order valence-electron chi connectivity index (χ2n) is 3.16. The summed E-state index contributed by atoms with van der Waals surface area (Å²) in [5, 5.41) is 0.823. The first-order valence-corrected chi connectivity index (χ1v) is 4.48. The summed E-state index contributed by atoms with van der Waals surface area (Å²) in [7, 11) is 0. The smallest absolute Gasteiger partial charge is 0.131 e. The molecule has 0 bridgehead atoms. The normalized spacial score (nSPS) is 19.2. The van der Waals surface area contributed by atoms with Crippen LogP contribution in [0.5, 0.6) is 0 Å². The summed E-state index contributed by atoms with van der Waals surface area (Å²) in [6.07, 6.45) is 2.01. The molecule has 1 saturated carbocycles. The monoisotopic (exact) mass is 202 g/mol. The molecule has 1 aromatic heterocycles. The molecule has 2 rings (SSSR count). The molecule has 0 radical (unpaired) electrons. The van der Waals surface area contributed by atoms with Crippen LogP contribution in [-0.2, 0) is 5.54 Å². The molecule has 2 N–H and O–H groups in total. The predicted octanol–water partition coefficient (Wildman–Crippen LogP) is 2.34. The van der Waals surface area contributed by atoms with Gasteiger partial charge in [-0.1, -0.05) is 23.2 Å². The minimum atomic E-state index is -0.184. The molecule has 1 aromatic rings. The highest BCUT2D eigenvalue weighted by Gasteiger charge is 2.40. The highest BCUT2D eigenvalue weighted by atomic mass is 35.5. The topological polar surface area (TPSA) is 38.9 Å². The third-order valence-corrected chi connectivity index (χ3v) is 2.51. The maximum Gasteiger partial charge on any atom is 0.131 e. The molecule has 4 heteroatoms. The fourth-order valence-electron chi connectivity index (χ4n) is 1.18. The van der Waals surface area contributed by atoms with Crippen molar-refractivity contribution in [1.82, 2.24) is 4.98 Å². The Morgan fingerprint density at radius 3 is 2.17 bits per heavy atom. The van der Waals surface area contributed by atoms with E-state index in [2.05, 4.69) is 4.98 Å². The minimum Gasteiger partial charge on any atom is -0.321 e. The lowest BCUT2D eigenvalue weighted by Crippen LogP contribution is -2.18. The van der Waals surface area contributed by atoms with Crippen LogP contribution in [0.4, 0.5) is 0 Å². The number of nitrogens with zero attached hydrogens (tertiary/aromatic N) is 1. The quantitative estimate of drug-likeness (QED) is 0.711. The van der Waals surface area contributed by atoms with Crippen molar-refractivity contribution in [3.8, 4) is 0 Å². The molecule has 0 aromatic carbocycles. The lowest BCUT2D eigenvalue weighted by molar-refractivity contribution is 0.738. The molecular weight excluding hydrogens is 195 g/mol. The highest BCUT2D eigenvalue weighted by molar-refractivity contribution is 6.32. The van der Waals surface area contributed by atoms with Crippen LogP contribution in [0.3, 0.4) is 0 Å². The van der Waals surface area contributed by atoms with E-state index in [4.69, 9.17) is 28.9 Å². The summed E-state index contributed by atoms with van der Waals surface area (Å²) in [6.45, 7) is 0. The Labute approximate surface area is 80.7 Å². The number of aromatic nitrogens is 1. The van der Waals surface area contributed by atoms with E-state index in [1.807, 2.05) is 0 Å². The van der Waals surface area contributed by atoms with Gasteiger partial charge in [-0.25, -0.2) is 4.98 Å². The van der Waals surface area contributed by atoms with Crippen molar-refractivity contribution < 1.29 is 0 Å². The summed E-state index contributed by atoms with van der Waals surface area (Å²) in [5.74, 6) is 0. The zero-order valence-electron chi connectivity index (χ0n) is 6.35. The number of hydrogen-bond donors (Lipinski definition) is 1. The maximum atomic E-state index is 5.96. The van der Waals surface area contributed by atoms with E-state index in [0.717, 1.165) is 18.4 Å². The first-order valence-electron chi connectivity index (χ1n) is 3.73. The zero-order chi connectivity index (χ0) is 8.77. The van der Waals surface area contributed by atoms with Gasteiger partial charge in [-0.3, -0.25) is 0 Å². The van der Waals surface area contributed by atoms with E-state index in [-0.39, 0.29) is 5.54 Å². The van der Waals surface area contributed by atoms with Crippen LogP contribution >= 0.6 is 23.2 Å². The van der Waals surface area contributed by atoms with Crippen molar-refractivity contribution in [2.24, 2.45) is 5.73 Å². The van der Waals surface area contributed by atoms with Crippen molar-refractivity contribution in [2.45, 2.75) is 18.4 Å². The Hall–Kier alpha value is -0.310. The average Bonchev–Trinajstić information content (AvgIpc) is 2.67. The lowest BCUT2D eigenvalue weighted by atomic mass is 10.1. The van der Waals surface area contributed by atoms with Crippen molar-refractivity contribution in [1.29, 1.82) is 0 Å².